The molecule has 0 unspecified atom stereocenters. The van der Waals surface area contributed by atoms with Crippen molar-refractivity contribution in [2.75, 3.05) is 65.7 Å². The van der Waals surface area contributed by atoms with Crippen LogP contribution in [0.4, 0.5) is 66.0 Å². The van der Waals surface area contributed by atoms with E-state index in [0.29, 0.717) is 65.0 Å². The summed E-state index contributed by atoms with van der Waals surface area (Å²) in [5, 5.41) is 35.4. The van der Waals surface area contributed by atoms with Crippen LogP contribution < -0.4 is 47.9 Å². The number of nitrogens with one attached hydrogen (secondary N) is 9. The van der Waals surface area contributed by atoms with E-state index in [-0.39, 0.29) is 35.1 Å². The number of aromatic nitrogens is 3. The molecule has 7 aromatic rings. The van der Waals surface area contributed by atoms with Gasteiger partial charge in [0, 0.05) is 86.1 Å². The maximum absolute atomic E-state index is 12.9. The van der Waals surface area contributed by atoms with E-state index >= 15 is 0 Å². The smallest absolute Gasteiger partial charge is 0.339 e. The minimum absolute atomic E-state index is 0.0188. The number of anilines is 9. The molecule has 0 aliphatic rings. The molecule has 382 valence electrons. The van der Waals surface area contributed by atoms with Gasteiger partial charge in [-0.05, 0) is 57.2 Å². The normalized spacial score (nSPS) is 10.0. The summed E-state index contributed by atoms with van der Waals surface area (Å²) in [6, 6.07) is 40.6. The van der Waals surface area contributed by atoms with Crippen molar-refractivity contribution < 1.29 is 38.7 Å². The third-order valence-electron chi connectivity index (χ3n) is 9.91. The molecule has 21 nitrogen and oxygen atoms in total. The minimum atomic E-state index is -1.10. The molecule has 0 saturated carbocycles. The number of carboxylic acid groups (broad SMARTS) is 1. The van der Waals surface area contributed by atoms with Crippen molar-refractivity contribution >= 4 is 87.3 Å². The first-order valence-corrected chi connectivity index (χ1v) is 23.1. The molecule has 21 heteroatoms. The van der Waals surface area contributed by atoms with Gasteiger partial charge in [0.1, 0.15) is 23.0 Å². The average Bonchev–Trinajstić information content (AvgIpc) is 3.40. The molecule has 0 saturated heterocycles. The zero-order valence-corrected chi connectivity index (χ0v) is 41.2. The summed E-state index contributed by atoms with van der Waals surface area (Å²) >= 11 is 0. The molecule has 0 aliphatic heterocycles. The molecule has 0 spiro atoms. The Morgan fingerprint density at radius 1 is 0.486 bits per heavy atom. The van der Waals surface area contributed by atoms with E-state index in [2.05, 4.69) is 62.8 Å². The SMILES string of the molecule is CCNC(=O)Nc1cc(Nc2ccccc2)c(C(=O)N(C)OC)cn1.CCNC(=O)Nc1cc(Nc2ccccc2)c(C(=O)O)cn1.CCNC(=O)Nc1cc(Nc2ccccc2)c(C(=O)c2ccccc2)cn1. The van der Waals surface area contributed by atoms with Crippen molar-refractivity contribution in [3.05, 3.63) is 180 Å². The predicted molar refractivity (Wildman–Crippen MR) is 286 cm³/mol. The molecular formula is C53H57N13O8. The van der Waals surface area contributed by atoms with Crippen LogP contribution in [0.25, 0.3) is 0 Å². The van der Waals surface area contributed by atoms with E-state index < -0.39 is 12.0 Å². The first-order chi connectivity index (χ1) is 35.8. The minimum Gasteiger partial charge on any atom is -0.478 e. The number of carbonyl (C=O) groups is 6. The summed E-state index contributed by atoms with van der Waals surface area (Å²) in [5.41, 5.74) is 5.10. The number of urea groups is 3. The predicted octanol–water partition coefficient (Wildman–Crippen LogP) is 9.46. The Balaban J connectivity index is 0.000000207. The van der Waals surface area contributed by atoms with Crippen LogP contribution in [0.1, 0.15) is 57.4 Å². The fourth-order valence-corrected chi connectivity index (χ4v) is 6.39. The van der Waals surface area contributed by atoms with Gasteiger partial charge >= 0.3 is 24.1 Å². The first kappa shape index (κ1) is 55.0. The van der Waals surface area contributed by atoms with Crippen LogP contribution in [0.5, 0.6) is 0 Å². The maximum atomic E-state index is 12.9. The van der Waals surface area contributed by atoms with Crippen molar-refractivity contribution in [3.8, 4) is 0 Å². The molecule has 74 heavy (non-hydrogen) atoms. The van der Waals surface area contributed by atoms with E-state index in [1.807, 2.05) is 123 Å². The quantitative estimate of drug-likeness (QED) is 0.0301. The van der Waals surface area contributed by atoms with Crippen LogP contribution in [0.2, 0.25) is 0 Å². The molecule has 0 aliphatic carbocycles. The van der Waals surface area contributed by atoms with Crippen LogP contribution >= 0.6 is 0 Å². The highest BCUT2D eigenvalue weighted by molar-refractivity contribution is 6.13. The molecule has 3 aromatic heterocycles. The number of carboxylic acids is 1. The summed E-state index contributed by atoms with van der Waals surface area (Å²) in [7, 11) is 2.91. The van der Waals surface area contributed by atoms with Gasteiger partial charge in [-0.2, -0.15) is 0 Å². The Morgan fingerprint density at radius 3 is 1.16 bits per heavy atom. The molecule has 3 heterocycles. The average molecular weight is 1000 g/mol. The van der Waals surface area contributed by atoms with E-state index in [1.165, 1.54) is 38.8 Å². The molecule has 0 bridgehead atoms. The van der Waals surface area contributed by atoms with Crippen LogP contribution in [0.15, 0.2) is 158 Å². The number of benzene rings is 4. The second-order valence-corrected chi connectivity index (χ2v) is 15.3. The third kappa shape index (κ3) is 17.2. The van der Waals surface area contributed by atoms with Crippen LogP contribution in [-0.4, -0.2) is 94.7 Å². The fraction of sp³-hybridized carbons (Fsp3) is 0.151. The monoisotopic (exact) mass is 1000 g/mol. The topological polar surface area (TPSA) is 282 Å². The summed E-state index contributed by atoms with van der Waals surface area (Å²) in [6.45, 7) is 6.92. The van der Waals surface area contributed by atoms with Crippen molar-refractivity contribution in [2.45, 2.75) is 20.8 Å². The lowest BCUT2D eigenvalue weighted by Crippen LogP contribution is -2.29. The number of pyridine rings is 3. The molecule has 0 fully saturated rings. The second kappa shape index (κ2) is 28.7. The number of rotatable bonds is 17. The summed E-state index contributed by atoms with van der Waals surface area (Å²) in [5.74, 6) is -0.682. The molecular weight excluding hydrogens is 947 g/mol. The highest BCUT2D eigenvalue weighted by Crippen LogP contribution is 2.27. The first-order valence-electron chi connectivity index (χ1n) is 23.1. The van der Waals surface area contributed by atoms with Crippen LogP contribution in [0.3, 0.4) is 0 Å². The van der Waals surface area contributed by atoms with Gasteiger partial charge in [-0.3, -0.25) is 30.4 Å². The number of hydrogen-bond donors (Lipinski definition) is 10. The Kier molecular flexibility index (Phi) is 21.3. The van der Waals surface area contributed by atoms with E-state index in [0.717, 1.165) is 22.1 Å². The lowest BCUT2D eigenvalue weighted by Gasteiger charge is -2.17. The van der Waals surface area contributed by atoms with E-state index in [1.54, 1.807) is 31.2 Å². The number of hydrogen-bond acceptors (Lipinski definition) is 13. The number of amides is 7. The van der Waals surface area contributed by atoms with Crippen molar-refractivity contribution in [1.82, 2.24) is 36.0 Å². The molecule has 7 rings (SSSR count). The van der Waals surface area contributed by atoms with Gasteiger partial charge in [-0.25, -0.2) is 39.2 Å². The van der Waals surface area contributed by atoms with Gasteiger partial charge in [0.25, 0.3) is 5.91 Å². The fourth-order valence-electron chi connectivity index (χ4n) is 6.39. The van der Waals surface area contributed by atoms with Gasteiger partial charge in [0.2, 0.25) is 0 Å². The Bertz CT molecular complexity index is 2970. The second-order valence-electron chi connectivity index (χ2n) is 15.3. The van der Waals surface area contributed by atoms with Crippen molar-refractivity contribution in [2.24, 2.45) is 0 Å². The standard InChI is InChI=1S/C21H20N4O2.C17H21N5O3.C15H16N4O3/c1-2-22-21(27)25-19-13-18(24-16-11-7-4-8-12-16)17(14-23-19)20(26)15-9-5-3-6-10-15;1-4-18-17(24)21-15-10-14(20-12-8-6-5-7-9-12)13(11-19-15)16(23)22(2)25-3;1-2-16-15(22)19-13-8-12(11(9-17-13)14(20)21)18-10-6-4-3-5-7-10/h3-14H,2H2,1H3,(H3,22,23,24,25,27);5-11H,4H2,1-3H3,(H3,18,19,20,21,24);3-9H,2H2,1H3,(H,20,21)(H3,16,17,18,19,22). The molecule has 0 atom stereocenters. The van der Waals surface area contributed by atoms with Crippen LogP contribution in [0, 0.1) is 0 Å². The Morgan fingerprint density at radius 2 is 0.811 bits per heavy atom. The Labute approximate surface area is 427 Å². The Hall–Kier alpha value is -9.89. The number of hydroxylamine groups is 2. The van der Waals surface area contributed by atoms with Crippen molar-refractivity contribution in [3.63, 3.8) is 0 Å². The number of para-hydroxylation sites is 3. The van der Waals surface area contributed by atoms with Crippen LogP contribution in [-0.2, 0) is 4.84 Å². The summed E-state index contributed by atoms with van der Waals surface area (Å²) in [4.78, 5) is 88.8. The molecule has 0 radical (unpaired) electrons. The summed E-state index contributed by atoms with van der Waals surface area (Å²) in [6.07, 6.45) is 4.07. The van der Waals surface area contributed by atoms with Gasteiger partial charge in [-0.1, -0.05) is 84.9 Å². The lowest BCUT2D eigenvalue weighted by molar-refractivity contribution is -0.0756. The number of ketones is 1. The van der Waals surface area contributed by atoms with Gasteiger partial charge in [0.15, 0.2) is 5.78 Å². The number of aromatic carboxylic acids is 1. The zero-order valence-electron chi connectivity index (χ0n) is 41.2. The zero-order chi connectivity index (χ0) is 53.2. The highest BCUT2D eigenvalue weighted by Gasteiger charge is 2.20. The van der Waals surface area contributed by atoms with Gasteiger partial charge < -0.3 is 37.0 Å². The summed E-state index contributed by atoms with van der Waals surface area (Å²) < 4.78 is 0. The third-order valence-corrected chi connectivity index (χ3v) is 9.91. The van der Waals surface area contributed by atoms with Gasteiger partial charge in [-0.15, -0.1) is 0 Å². The largest absolute Gasteiger partial charge is 0.478 e. The molecule has 7 amide bonds. The van der Waals surface area contributed by atoms with E-state index in [4.69, 9.17) is 4.84 Å². The lowest BCUT2D eigenvalue weighted by atomic mass is 10.0. The number of nitrogens with zero attached hydrogens (tertiary/aromatic N) is 4. The van der Waals surface area contributed by atoms with Gasteiger partial charge in [0.05, 0.1) is 35.3 Å². The van der Waals surface area contributed by atoms with E-state index in [9.17, 15) is 33.9 Å². The highest BCUT2D eigenvalue weighted by atomic mass is 16.7. The molecule has 4 aromatic carbocycles. The maximum Gasteiger partial charge on any atom is 0.339 e. The van der Waals surface area contributed by atoms with Crippen molar-refractivity contribution in [1.29, 1.82) is 0 Å². The molecule has 10 N–H and O–H groups in total. The number of carbonyl (C=O) groups excluding carboxylic acids is 5.